The fourth-order valence-electron chi connectivity index (χ4n) is 3.48. The Hall–Kier alpha value is -3.09. The molecule has 5 nitrogen and oxygen atoms in total. The van der Waals surface area contributed by atoms with Crippen molar-refractivity contribution < 1.29 is 13.2 Å². The largest absolute Gasteiger partial charge is 0.335 e. The molecular weight excluding hydrogens is 432 g/mol. The predicted molar refractivity (Wildman–Crippen MR) is 124 cm³/mol. The number of benzene rings is 3. The molecule has 0 atom stereocenters. The Kier molecular flexibility index (Phi) is 6.11. The molecule has 1 N–H and O–H groups in total. The van der Waals surface area contributed by atoms with Crippen LogP contribution >= 0.6 is 11.6 Å². The number of rotatable bonds is 5. The van der Waals surface area contributed by atoms with E-state index >= 15 is 0 Å². The minimum absolute atomic E-state index is 0.0332. The zero-order valence-corrected chi connectivity index (χ0v) is 18.2. The normalized spacial score (nSPS) is 14.1. The maximum Gasteiger partial charge on any atom is 0.261 e. The second kappa shape index (κ2) is 8.96. The van der Waals surface area contributed by atoms with E-state index in [-0.39, 0.29) is 10.8 Å². The molecule has 0 saturated carbocycles. The topological polar surface area (TPSA) is 66.5 Å². The number of anilines is 1. The molecule has 3 aromatic rings. The van der Waals surface area contributed by atoms with Crippen molar-refractivity contribution in [3.05, 3.63) is 101 Å². The molecule has 0 bridgehead atoms. The van der Waals surface area contributed by atoms with Crippen molar-refractivity contribution in [1.82, 2.24) is 4.90 Å². The average Bonchev–Trinajstić information content (AvgIpc) is 2.81. The summed E-state index contributed by atoms with van der Waals surface area (Å²) in [5.74, 6) is -0.188. The van der Waals surface area contributed by atoms with Crippen LogP contribution in [0.2, 0.25) is 5.02 Å². The first-order chi connectivity index (χ1) is 14.9. The molecule has 0 saturated heterocycles. The van der Waals surface area contributed by atoms with Crippen LogP contribution in [-0.4, -0.2) is 32.3 Å². The van der Waals surface area contributed by atoms with Crippen LogP contribution < -0.4 is 4.72 Å². The van der Waals surface area contributed by atoms with Crippen LogP contribution in [0.5, 0.6) is 0 Å². The van der Waals surface area contributed by atoms with Gasteiger partial charge >= 0.3 is 0 Å². The first kappa shape index (κ1) is 21.2. The van der Waals surface area contributed by atoms with Crippen LogP contribution in [0.15, 0.2) is 89.8 Å². The second-order valence-electron chi connectivity index (χ2n) is 7.24. The lowest BCUT2D eigenvalue weighted by Gasteiger charge is -2.27. The standard InChI is InChI=1S/C24H21ClN2O3S/c25-21-9-11-22(12-10-21)26-31(29,30)23-8-4-7-20(17-23)24(28)27-15-13-19(14-16-27)18-5-2-1-3-6-18/h1-13,17,26H,14-16H2. The van der Waals surface area contributed by atoms with Crippen molar-refractivity contribution in [2.45, 2.75) is 11.3 Å². The van der Waals surface area contributed by atoms with Gasteiger partial charge in [-0.05, 0) is 60.0 Å². The summed E-state index contributed by atoms with van der Waals surface area (Å²) in [6, 6.07) is 22.6. The van der Waals surface area contributed by atoms with Crippen molar-refractivity contribution in [3.63, 3.8) is 0 Å². The van der Waals surface area contributed by atoms with Gasteiger partial charge in [0.25, 0.3) is 15.9 Å². The lowest BCUT2D eigenvalue weighted by molar-refractivity contribution is 0.0772. The first-order valence-corrected chi connectivity index (χ1v) is 11.7. The molecule has 0 fully saturated rings. The van der Waals surface area contributed by atoms with Crippen molar-refractivity contribution >= 4 is 38.8 Å². The zero-order valence-electron chi connectivity index (χ0n) is 16.7. The van der Waals surface area contributed by atoms with Crippen molar-refractivity contribution in [2.75, 3.05) is 17.8 Å². The molecule has 0 unspecified atom stereocenters. The molecule has 0 spiro atoms. The lowest BCUT2D eigenvalue weighted by atomic mass is 9.99. The summed E-state index contributed by atoms with van der Waals surface area (Å²) in [6.07, 6.45) is 2.81. The average molecular weight is 453 g/mol. The highest BCUT2D eigenvalue weighted by Gasteiger charge is 2.22. The summed E-state index contributed by atoms with van der Waals surface area (Å²) in [4.78, 5) is 14.7. The summed E-state index contributed by atoms with van der Waals surface area (Å²) >= 11 is 5.85. The number of hydrogen-bond donors (Lipinski definition) is 1. The van der Waals surface area contributed by atoms with Gasteiger partial charge in [-0.3, -0.25) is 9.52 Å². The van der Waals surface area contributed by atoms with Crippen molar-refractivity contribution in [1.29, 1.82) is 0 Å². The van der Waals surface area contributed by atoms with Crippen molar-refractivity contribution in [3.8, 4) is 0 Å². The number of carbonyl (C=O) groups is 1. The quantitative estimate of drug-likeness (QED) is 0.587. The van der Waals surface area contributed by atoms with E-state index in [1.165, 1.54) is 17.7 Å². The van der Waals surface area contributed by atoms with Gasteiger partial charge in [-0.1, -0.05) is 54.1 Å². The third kappa shape index (κ3) is 4.98. The van der Waals surface area contributed by atoms with E-state index in [1.807, 2.05) is 18.2 Å². The first-order valence-electron chi connectivity index (χ1n) is 9.84. The Morgan fingerprint density at radius 3 is 2.35 bits per heavy atom. The van der Waals surface area contributed by atoms with E-state index in [4.69, 9.17) is 11.6 Å². The summed E-state index contributed by atoms with van der Waals surface area (Å²) in [5.41, 5.74) is 3.12. The number of sulfonamides is 1. The van der Waals surface area contributed by atoms with E-state index in [0.717, 1.165) is 12.0 Å². The highest BCUT2D eigenvalue weighted by atomic mass is 35.5. The summed E-state index contributed by atoms with van der Waals surface area (Å²) in [5, 5.41) is 0.515. The maximum atomic E-state index is 13.0. The molecule has 0 aliphatic carbocycles. The van der Waals surface area contributed by atoms with Crippen LogP contribution in [0.25, 0.3) is 5.57 Å². The minimum atomic E-state index is -3.83. The minimum Gasteiger partial charge on any atom is -0.335 e. The van der Waals surface area contributed by atoms with Crippen molar-refractivity contribution in [2.24, 2.45) is 0 Å². The number of carbonyl (C=O) groups excluding carboxylic acids is 1. The van der Waals surface area contributed by atoms with Gasteiger partial charge < -0.3 is 4.90 Å². The van der Waals surface area contributed by atoms with Crippen LogP contribution in [0.1, 0.15) is 22.3 Å². The number of nitrogens with one attached hydrogen (secondary N) is 1. The summed E-state index contributed by atoms with van der Waals surface area (Å²) in [6.45, 7) is 1.07. The fourth-order valence-corrected chi connectivity index (χ4v) is 4.71. The van der Waals surface area contributed by atoms with Gasteiger partial charge in [-0.15, -0.1) is 0 Å². The van der Waals surface area contributed by atoms with E-state index in [1.54, 1.807) is 41.3 Å². The van der Waals surface area contributed by atoms with Gasteiger partial charge in [0.05, 0.1) is 4.90 Å². The third-order valence-corrected chi connectivity index (χ3v) is 6.76. The Balaban J connectivity index is 1.49. The molecule has 7 heteroatoms. The maximum absolute atomic E-state index is 13.0. The number of hydrogen-bond acceptors (Lipinski definition) is 3. The Bertz CT molecular complexity index is 1220. The fraction of sp³-hybridized carbons (Fsp3) is 0.125. The monoisotopic (exact) mass is 452 g/mol. The molecule has 1 amide bonds. The Labute approximate surface area is 187 Å². The second-order valence-corrected chi connectivity index (χ2v) is 9.36. The SMILES string of the molecule is O=C(c1cccc(S(=O)(=O)Nc2ccc(Cl)cc2)c1)N1CC=C(c2ccccc2)CC1. The highest BCUT2D eigenvalue weighted by Crippen LogP contribution is 2.24. The molecular formula is C24H21ClN2O3S. The van der Waals surface area contributed by atoms with Gasteiger partial charge in [-0.25, -0.2) is 8.42 Å². The summed E-state index contributed by atoms with van der Waals surface area (Å²) in [7, 11) is -3.83. The zero-order chi connectivity index (χ0) is 21.8. The Morgan fingerprint density at radius 1 is 0.935 bits per heavy atom. The molecule has 3 aromatic carbocycles. The smallest absolute Gasteiger partial charge is 0.261 e. The van der Waals surface area contributed by atoms with Crippen LogP contribution in [0, 0.1) is 0 Å². The molecule has 31 heavy (non-hydrogen) atoms. The Morgan fingerprint density at radius 2 is 1.68 bits per heavy atom. The molecule has 158 valence electrons. The van der Waals surface area contributed by atoms with Crippen LogP contribution in [0.3, 0.4) is 0 Å². The number of halogens is 1. The highest BCUT2D eigenvalue weighted by molar-refractivity contribution is 7.92. The van der Waals surface area contributed by atoms with E-state index in [9.17, 15) is 13.2 Å². The third-order valence-electron chi connectivity index (χ3n) is 5.13. The molecule has 4 rings (SSSR count). The number of nitrogens with zero attached hydrogens (tertiary/aromatic N) is 1. The molecule has 1 heterocycles. The van der Waals surface area contributed by atoms with Gasteiger partial charge in [0.1, 0.15) is 0 Å². The number of amides is 1. The van der Waals surface area contributed by atoms with E-state index in [2.05, 4.69) is 22.9 Å². The molecule has 0 radical (unpaired) electrons. The molecule has 1 aliphatic rings. The molecule has 0 aromatic heterocycles. The summed E-state index contributed by atoms with van der Waals surface area (Å²) < 4.78 is 28.0. The van der Waals surface area contributed by atoms with E-state index in [0.29, 0.717) is 29.4 Å². The predicted octanol–water partition coefficient (Wildman–Crippen LogP) is 5.07. The molecule has 1 aliphatic heterocycles. The van der Waals surface area contributed by atoms with Gasteiger partial charge in [0.15, 0.2) is 0 Å². The van der Waals surface area contributed by atoms with Crippen LogP contribution in [0.4, 0.5) is 5.69 Å². The van der Waals surface area contributed by atoms with Gasteiger partial charge in [0, 0.05) is 29.4 Å². The van der Waals surface area contributed by atoms with Crippen LogP contribution in [-0.2, 0) is 10.0 Å². The lowest BCUT2D eigenvalue weighted by Crippen LogP contribution is -2.34. The van der Waals surface area contributed by atoms with Gasteiger partial charge in [0.2, 0.25) is 0 Å². The van der Waals surface area contributed by atoms with E-state index < -0.39 is 10.0 Å². The van der Waals surface area contributed by atoms with Gasteiger partial charge in [-0.2, -0.15) is 0 Å².